The summed E-state index contributed by atoms with van der Waals surface area (Å²) in [6.45, 7) is 0. The predicted molar refractivity (Wildman–Crippen MR) is 67.1 cm³/mol. The zero-order chi connectivity index (χ0) is 12.3. The zero-order valence-electron chi connectivity index (χ0n) is 9.50. The van der Waals surface area contributed by atoms with Crippen molar-refractivity contribution in [2.75, 3.05) is 12.0 Å². The highest BCUT2D eigenvalue weighted by Gasteiger charge is 2.35. The van der Waals surface area contributed by atoms with Gasteiger partial charge in [0.2, 0.25) is 0 Å². The van der Waals surface area contributed by atoms with Crippen molar-refractivity contribution in [1.29, 1.82) is 0 Å². The Hall–Kier alpha value is -1.39. The molecule has 2 rings (SSSR count). The van der Waals surface area contributed by atoms with Crippen molar-refractivity contribution in [2.45, 2.75) is 5.60 Å². The first-order valence-electron chi connectivity index (χ1n) is 5.25. The molecule has 0 aliphatic rings. The molecule has 0 radical (unpaired) electrons. The monoisotopic (exact) mass is 250 g/mol. The van der Waals surface area contributed by atoms with Crippen LogP contribution in [0.5, 0.6) is 0 Å². The van der Waals surface area contributed by atoms with Gasteiger partial charge >= 0.3 is 0 Å². The second-order valence-electron chi connectivity index (χ2n) is 3.92. The van der Waals surface area contributed by atoms with Gasteiger partial charge in [0.15, 0.2) is 5.60 Å². The largest absolute Gasteiger partial charge is 0.466 e. The molecule has 1 heterocycles. The molecule has 0 unspecified atom stereocenters. The average Bonchev–Trinajstić information content (AvgIpc) is 2.83. The van der Waals surface area contributed by atoms with Crippen molar-refractivity contribution in [3.05, 3.63) is 60.1 Å². The molecule has 1 aromatic heterocycles. The Kier molecular flexibility index (Phi) is 3.45. The van der Waals surface area contributed by atoms with E-state index < -0.39 is 16.4 Å². The summed E-state index contributed by atoms with van der Waals surface area (Å²) in [7, 11) is -1.13. The second-order valence-corrected chi connectivity index (χ2v) is 5.36. The second kappa shape index (κ2) is 4.85. The third-order valence-electron chi connectivity index (χ3n) is 2.59. The smallest absolute Gasteiger partial charge is 0.158 e. The fraction of sp³-hybridized carbons (Fsp3) is 0.231. The third kappa shape index (κ3) is 2.48. The van der Waals surface area contributed by atoms with Gasteiger partial charge in [-0.2, -0.15) is 0 Å². The quantitative estimate of drug-likeness (QED) is 0.901. The summed E-state index contributed by atoms with van der Waals surface area (Å²) < 4.78 is 16.7. The van der Waals surface area contributed by atoms with Crippen molar-refractivity contribution < 1.29 is 13.7 Å². The highest BCUT2D eigenvalue weighted by atomic mass is 32.2. The van der Waals surface area contributed by atoms with Crippen LogP contribution in [0.4, 0.5) is 0 Å². The fourth-order valence-electron chi connectivity index (χ4n) is 1.82. The van der Waals surface area contributed by atoms with Crippen LogP contribution < -0.4 is 0 Å². The molecule has 0 saturated heterocycles. The van der Waals surface area contributed by atoms with E-state index in [4.69, 9.17) is 4.42 Å². The van der Waals surface area contributed by atoms with Crippen molar-refractivity contribution in [3.8, 4) is 0 Å². The van der Waals surface area contributed by atoms with Gasteiger partial charge in [0, 0.05) is 17.1 Å². The lowest BCUT2D eigenvalue weighted by atomic mass is 9.93. The van der Waals surface area contributed by atoms with E-state index >= 15 is 0 Å². The first kappa shape index (κ1) is 12.1. The maximum Gasteiger partial charge on any atom is 0.158 e. The van der Waals surface area contributed by atoms with Gasteiger partial charge in [-0.3, -0.25) is 4.21 Å². The van der Waals surface area contributed by atoms with Gasteiger partial charge in [-0.1, -0.05) is 30.3 Å². The van der Waals surface area contributed by atoms with Crippen molar-refractivity contribution in [3.63, 3.8) is 0 Å². The van der Waals surface area contributed by atoms with Crippen LogP contribution in [-0.4, -0.2) is 21.3 Å². The molecular formula is C13H14O3S. The number of aliphatic hydroxyl groups is 1. The molecule has 17 heavy (non-hydrogen) atoms. The van der Waals surface area contributed by atoms with Crippen LogP contribution in [0.3, 0.4) is 0 Å². The summed E-state index contributed by atoms with van der Waals surface area (Å²) in [5, 5.41) is 10.7. The molecule has 0 bridgehead atoms. The minimum atomic E-state index is -1.33. The van der Waals surface area contributed by atoms with E-state index in [1.807, 2.05) is 18.2 Å². The fourth-order valence-corrected chi connectivity index (χ4v) is 2.72. The minimum absolute atomic E-state index is 0.116. The Bertz CT molecular complexity index is 493. The Morgan fingerprint density at radius 2 is 1.94 bits per heavy atom. The molecule has 0 aliphatic heterocycles. The van der Waals surface area contributed by atoms with E-state index in [2.05, 4.69) is 0 Å². The normalized spacial score (nSPS) is 16.4. The lowest BCUT2D eigenvalue weighted by Gasteiger charge is -2.25. The molecular weight excluding hydrogens is 236 g/mol. The molecule has 0 saturated carbocycles. The predicted octanol–water partition coefficient (Wildman–Crippen LogP) is 1.89. The topological polar surface area (TPSA) is 50.4 Å². The van der Waals surface area contributed by atoms with Crippen molar-refractivity contribution in [2.24, 2.45) is 0 Å². The Balaban J connectivity index is 2.48. The highest BCUT2D eigenvalue weighted by molar-refractivity contribution is 7.84. The van der Waals surface area contributed by atoms with E-state index in [-0.39, 0.29) is 5.75 Å². The van der Waals surface area contributed by atoms with Crippen LogP contribution in [0.1, 0.15) is 11.3 Å². The summed E-state index contributed by atoms with van der Waals surface area (Å²) in [4.78, 5) is 0. The van der Waals surface area contributed by atoms with Gasteiger partial charge in [-0.15, -0.1) is 0 Å². The van der Waals surface area contributed by atoms with Crippen LogP contribution in [0.2, 0.25) is 0 Å². The van der Waals surface area contributed by atoms with E-state index in [1.165, 1.54) is 6.26 Å². The molecule has 0 aliphatic carbocycles. The molecule has 2 atom stereocenters. The zero-order valence-corrected chi connectivity index (χ0v) is 10.3. The molecule has 2 aromatic rings. The first-order chi connectivity index (χ1) is 8.13. The maximum absolute atomic E-state index is 11.4. The summed E-state index contributed by atoms with van der Waals surface area (Å²) in [6, 6.07) is 12.5. The van der Waals surface area contributed by atoms with E-state index in [0.29, 0.717) is 11.3 Å². The minimum Gasteiger partial charge on any atom is -0.466 e. The maximum atomic E-state index is 11.4. The van der Waals surface area contributed by atoms with Gasteiger partial charge in [-0.25, -0.2) is 0 Å². The van der Waals surface area contributed by atoms with Crippen molar-refractivity contribution in [1.82, 2.24) is 0 Å². The number of hydrogen-bond acceptors (Lipinski definition) is 3. The summed E-state index contributed by atoms with van der Waals surface area (Å²) in [5.41, 5.74) is -0.644. The van der Waals surface area contributed by atoms with Crippen molar-refractivity contribution >= 4 is 10.8 Å². The summed E-state index contributed by atoms with van der Waals surface area (Å²) in [6.07, 6.45) is 3.07. The highest BCUT2D eigenvalue weighted by Crippen LogP contribution is 2.30. The Morgan fingerprint density at radius 1 is 1.24 bits per heavy atom. The standard InChI is InChI=1S/C13H14O3S/c1-17(15)10-13(14,12-8-5-9-16-12)11-6-3-2-4-7-11/h2-9,14H,10H2,1H3/t13-,17-/m1/s1. The van der Waals surface area contributed by atoms with Gasteiger partial charge in [-0.05, 0) is 17.7 Å². The SMILES string of the molecule is C[S@@](=O)C[C@@](O)(c1ccccc1)c1ccco1. The van der Waals surface area contributed by atoms with Gasteiger partial charge in [0.1, 0.15) is 5.76 Å². The van der Waals surface area contributed by atoms with Gasteiger partial charge in [0.05, 0.1) is 12.0 Å². The molecule has 3 nitrogen and oxygen atoms in total. The van der Waals surface area contributed by atoms with Crippen LogP contribution in [0.25, 0.3) is 0 Å². The van der Waals surface area contributed by atoms with E-state index in [9.17, 15) is 9.32 Å². The molecule has 0 amide bonds. The number of benzene rings is 1. The van der Waals surface area contributed by atoms with Gasteiger partial charge < -0.3 is 9.52 Å². The molecule has 0 spiro atoms. The lowest BCUT2D eigenvalue weighted by Crippen LogP contribution is -2.33. The van der Waals surface area contributed by atoms with Crippen LogP contribution >= 0.6 is 0 Å². The molecule has 1 N–H and O–H groups in total. The Morgan fingerprint density at radius 3 is 2.47 bits per heavy atom. The lowest BCUT2D eigenvalue weighted by molar-refractivity contribution is 0.0809. The molecule has 0 fully saturated rings. The summed E-state index contributed by atoms with van der Waals surface area (Å²) >= 11 is 0. The average molecular weight is 250 g/mol. The van der Waals surface area contributed by atoms with E-state index in [1.54, 1.807) is 30.5 Å². The molecule has 90 valence electrons. The first-order valence-corrected chi connectivity index (χ1v) is 6.97. The number of rotatable bonds is 4. The molecule has 1 aromatic carbocycles. The summed E-state index contributed by atoms with van der Waals surface area (Å²) in [5.74, 6) is 0.531. The van der Waals surface area contributed by atoms with E-state index in [0.717, 1.165) is 0 Å². The van der Waals surface area contributed by atoms with Crippen LogP contribution in [0, 0.1) is 0 Å². The molecule has 4 heteroatoms. The van der Waals surface area contributed by atoms with Crippen LogP contribution in [-0.2, 0) is 16.4 Å². The third-order valence-corrected chi connectivity index (χ3v) is 3.42. The number of furan rings is 1. The number of hydrogen-bond donors (Lipinski definition) is 1. The van der Waals surface area contributed by atoms with Crippen LogP contribution in [0.15, 0.2) is 53.1 Å². The Labute approximate surface area is 103 Å². The van der Waals surface area contributed by atoms with Gasteiger partial charge in [0.25, 0.3) is 0 Å².